The lowest BCUT2D eigenvalue weighted by molar-refractivity contribution is 0.221. The van der Waals surface area contributed by atoms with Crippen molar-refractivity contribution in [2.45, 2.75) is 33.4 Å². The van der Waals surface area contributed by atoms with Gasteiger partial charge in [-0.05, 0) is 26.8 Å². The summed E-state index contributed by atoms with van der Waals surface area (Å²) in [6.07, 6.45) is 3.78. The van der Waals surface area contributed by atoms with Gasteiger partial charge in [-0.2, -0.15) is 5.10 Å². The molecule has 1 unspecified atom stereocenters. The molecule has 0 fully saturated rings. The zero-order valence-corrected chi connectivity index (χ0v) is 15.3. The molecule has 0 spiro atoms. The summed E-state index contributed by atoms with van der Waals surface area (Å²) in [5.74, 6) is 1.73. The van der Waals surface area contributed by atoms with Gasteiger partial charge < -0.3 is 15.4 Å². The standard InChI is InChI=1S/C20H23N5O/c1-12-5-6-18-16(7-12)9-22-19-13(2)11-25-20(24-19)17(10-23-25)15(4)21-8-14(3)26-18/h5-7,10-11,14,21H,4,8-9H2,1-3H3,(H,22,24). The largest absolute Gasteiger partial charge is 0.489 e. The zero-order chi connectivity index (χ0) is 18.3. The molecular formula is C20H23N5O. The molecule has 26 heavy (non-hydrogen) atoms. The number of nitrogens with one attached hydrogen (secondary N) is 2. The first kappa shape index (κ1) is 16.4. The monoisotopic (exact) mass is 349 g/mol. The molecule has 1 aliphatic rings. The van der Waals surface area contributed by atoms with Crippen molar-refractivity contribution >= 4 is 17.2 Å². The molecule has 0 aliphatic carbocycles. The van der Waals surface area contributed by atoms with Gasteiger partial charge in [-0.3, -0.25) is 0 Å². The highest BCUT2D eigenvalue weighted by Gasteiger charge is 2.15. The third kappa shape index (κ3) is 2.98. The van der Waals surface area contributed by atoms with E-state index in [9.17, 15) is 0 Å². The summed E-state index contributed by atoms with van der Waals surface area (Å²) >= 11 is 0. The average Bonchev–Trinajstić information content (AvgIpc) is 3.01. The van der Waals surface area contributed by atoms with Gasteiger partial charge in [-0.15, -0.1) is 0 Å². The molecule has 0 amide bonds. The molecule has 1 atom stereocenters. The fraction of sp³-hybridized carbons (Fsp3) is 0.300. The fourth-order valence-electron chi connectivity index (χ4n) is 3.15. The molecule has 1 aromatic carbocycles. The first-order valence-corrected chi connectivity index (χ1v) is 8.79. The molecule has 0 saturated carbocycles. The fourth-order valence-corrected chi connectivity index (χ4v) is 3.15. The minimum Gasteiger partial charge on any atom is -0.489 e. The van der Waals surface area contributed by atoms with Gasteiger partial charge in [0, 0.05) is 29.6 Å². The molecule has 3 heterocycles. The van der Waals surface area contributed by atoms with E-state index in [4.69, 9.17) is 9.72 Å². The molecule has 0 saturated heterocycles. The highest BCUT2D eigenvalue weighted by Crippen LogP contribution is 2.25. The number of benzene rings is 1. The van der Waals surface area contributed by atoms with Crippen LogP contribution in [-0.4, -0.2) is 27.2 Å². The predicted octanol–water partition coefficient (Wildman–Crippen LogP) is 3.30. The van der Waals surface area contributed by atoms with Crippen LogP contribution >= 0.6 is 0 Å². The number of fused-ring (bicyclic) bond motifs is 2. The highest BCUT2D eigenvalue weighted by atomic mass is 16.5. The summed E-state index contributed by atoms with van der Waals surface area (Å²) in [6, 6.07) is 6.26. The van der Waals surface area contributed by atoms with Crippen molar-refractivity contribution in [1.29, 1.82) is 0 Å². The van der Waals surface area contributed by atoms with Crippen LogP contribution in [0, 0.1) is 13.8 Å². The molecule has 3 aromatic rings. The highest BCUT2D eigenvalue weighted by molar-refractivity contribution is 5.74. The number of hydrogen-bond acceptors (Lipinski definition) is 5. The van der Waals surface area contributed by atoms with Crippen molar-refractivity contribution < 1.29 is 4.74 Å². The second-order valence-electron chi connectivity index (χ2n) is 6.85. The Morgan fingerprint density at radius 3 is 2.96 bits per heavy atom. The van der Waals surface area contributed by atoms with Gasteiger partial charge in [0.25, 0.3) is 0 Å². The molecule has 6 nitrogen and oxygen atoms in total. The van der Waals surface area contributed by atoms with E-state index in [1.807, 2.05) is 26.1 Å². The van der Waals surface area contributed by atoms with Gasteiger partial charge >= 0.3 is 0 Å². The number of rotatable bonds is 0. The van der Waals surface area contributed by atoms with Crippen LogP contribution in [0.4, 0.5) is 5.82 Å². The number of anilines is 1. The van der Waals surface area contributed by atoms with Crippen molar-refractivity contribution in [2.75, 3.05) is 11.9 Å². The molecule has 2 bridgehead atoms. The van der Waals surface area contributed by atoms with E-state index < -0.39 is 0 Å². The van der Waals surface area contributed by atoms with Crippen molar-refractivity contribution in [3.8, 4) is 5.75 Å². The third-order valence-corrected chi connectivity index (χ3v) is 4.59. The van der Waals surface area contributed by atoms with Gasteiger partial charge in [-0.1, -0.05) is 24.3 Å². The minimum atomic E-state index is -0.00201. The third-order valence-electron chi connectivity index (χ3n) is 4.59. The van der Waals surface area contributed by atoms with Gasteiger partial charge in [0.2, 0.25) is 0 Å². The molecular weight excluding hydrogens is 326 g/mol. The molecule has 134 valence electrons. The van der Waals surface area contributed by atoms with Crippen LogP contribution in [0.2, 0.25) is 0 Å². The van der Waals surface area contributed by atoms with Gasteiger partial charge in [0.1, 0.15) is 17.7 Å². The van der Waals surface area contributed by atoms with Crippen LogP contribution in [0.1, 0.15) is 29.2 Å². The van der Waals surface area contributed by atoms with Crippen LogP contribution in [0.15, 0.2) is 37.2 Å². The predicted molar refractivity (Wildman–Crippen MR) is 103 cm³/mol. The van der Waals surface area contributed by atoms with E-state index in [0.717, 1.165) is 39.6 Å². The number of aryl methyl sites for hydroxylation is 2. The van der Waals surface area contributed by atoms with Crippen LogP contribution in [-0.2, 0) is 6.54 Å². The van der Waals surface area contributed by atoms with E-state index in [2.05, 4.69) is 41.4 Å². The Kier molecular flexibility index (Phi) is 4.03. The first-order chi connectivity index (χ1) is 12.5. The molecule has 6 heteroatoms. The van der Waals surface area contributed by atoms with E-state index in [0.29, 0.717) is 13.1 Å². The minimum absolute atomic E-state index is 0.00201. The molecule has 2 N–H and O–H groups in total. The summed E-state index contributed by atoms with van der Waals surface area (Å²) in [7, 11) is 0. The molecule has 4 rings (SSSR count). The normalized spacial score (nSPS) is 17.3. The lowest BCUT2D eigenvalue weighted by Crippen LogP contribution is -2.28. The summed E-state index contributed by atoms with van der Waals surface area (Å²) in [6.45, 7) is 11.6. The molecule has 2 aromatic heterocycles. The van der Waals surface area contributed by atoms with Crippen molar-refractivity contribution in [1.82, 2.24) is 19.9 Å². The van der Waals surface area contributed by atoms with Gasteiger partial charge in [0.15, 0.2) is 5.65 Å². The Bertz CT molecular complexity index is 991. The lowest BCUT2D eigenvalue weighted by atomic mass is 10.1. The Morgan fingerprint density at radius 2 is 2.12 bits per heavy atom. The van der Waals surface area contributed by atoms with Crippen molar-refractivity contribution in [3.63, 3.8) is 0 Å². The summed E-state index contributed by atoms with van der Waals surface area (Å²) in [5.41, 5.74) is 5.83. The van der Waals surface area contributed by atoms with E-state index in [1.54, 1.807) is 10.7 Å². The maximum atomic E-state index is 6.17. The maximum Gasteiger partial charge on any atom is 0.166 e. The van der Waals surface area contributed by atoms with Crippen LogP contribution < -0.4 is 15.4 Å². The Labute approximate surface area is 152 Å². The lowest BCUT2D eigenvalue weighted by Gasteiger charge is -2.19. The summed E-state index contributed by atoms with van der Waals surface area (Å²) in [4.78, 5) is 4.79. The Balaban J connectivity index is 1.81. The number of nitrogens with zero attached hydrogens (tertiary/aromatic N) is 3. The summed E-state index contributed by atoms with van der Waals surface area (Å²) < 4.78 is 7.96. The molecule has 1 aliphatic heterocycles. The maximum absolute atomic E-state index is 6.17. The SMILES string of the molecule is C=C1NCC(C)Oc2ccc(C)cc2CNc2nc3c1cnn3cc2C. The van der Waals surface area contributed by atoms with Crippen LogP contribution in [0.5, 0.6) is 5.75 Å². The van der Waals surface area contributed by atoms with E-state index in [-0.39, 0.29) is 6.10 Å². The summed E-state index contributed by atoms with van der Waals surface area (Å²) in [5, 5.41) is 11.2. The average molecular weight is 349 g/mol. The second-order valence-corrected chi connectivity index (χ2v) is 6.85. The number of ether oxygens (including phenoxy) is 1. The van der Waals surface area contributed by atoms with Crippen molar-refractivity contribution in [2.24, 2.45) is 0 Å². The van der Waals surface area contributed by atoms with Crippen molar-refractivity contribution in [3.05, 3.63) is 59.4 Å². The topological polar surface area (TPSA) is 63.5 Å². The quantitative estimate of drug-likeness (QED) is 0.652. The van der Waals surface area contributed by atoms with E-state index in [1.165, 1.54) is 5.56 Å². The Morgan fingerprint density at radius 1 is 1.27 bits per heavy atom. The van der Waals surface area contributed by atoms with Gasteiger partial charge in [-0.25, -0.2) is 9.50 Å². The van der Waals surface area contributed by atoms with Crippen LogP contribution in [0.3, 0.4) is 0 Å². The number of aromatic nitrogens is 3. The number of hydrogen-bond donors (Lipinski definition) is 2. The Hall–Kier alpha value is -3.02. The smallest absolute Gasteiger partial charge is 0.166 e. The van der Waals surface area contributed by atoms with E-state index >= 15 is 0 Å². The van der Waals surface area contributed by atoms with Gasteiger partial charge in [0.05, 0.1) is 18.3 Å². The molecule has 0 radical (unpaired) electrons. The van der Waals surface area contributed by atoms with Crippen LogP contribution in [0.25, 0.3) is 11.3 Å². The zero-order valence-electron chi connectivity index (χ0n) is 15.3. The second kappa shape index (κ2) is 6.37. The first-order valence-electron chi connectivity index (χ1n) is 8.79.